The van der Waals surface area contributed by atoms with E-state index in [9.17, 15) is 4.79 Å². The summed E-state index contributed by atoms with van der Waals surface area (Å²) in [6.07, 6.45) is 8.06. The van der Waals surface area contributed by atoms with Crippen molar-refractivity contribution < 1.29 is 9.53 Å². The number of nitrogens with one attached hydrogen (secondary N) is 2. The highest BCUT2D eigenvalue weighted by molar-refractivity contribution is 14.0. The molecule has 0 atom stereocenters. The summed E-state index contributed by atoms with van der Waals surface area (Å²) in [5.74, 6) is 0.828. The Labute approximate surface area is 156 Å². The molecule has 1 amide bonds. The third kappa shape index (κ3) is 6.10. The van der Waals surface area contributed by atoms with E-state index in [4.69, 9.17) is 4.74 Å². The summed E-state index contributed by atoms with van der Waals surface area (Å²) in [5.41, 5.74) is 0.497. The van der Waals surface area contributed by atoms with Gasteiger partial charge in [0.15, 0.2) is 5.96 Å². The van der Waals surface area contributed by atoms with Gasteiger partial charge < -0.3 is 20.3 Å². The fraction of sp³-hybridized carbons (Fsp3) is 0.875. The molecule has 0 aromatic carbocycles. The van der Waals surface area contributed by atoms with Crippen molar-refractivity contribution in [1.82, 2.24) is 15.5 Å². The number of nitrogens with zero attached hydrogens (tertiary/aromatic N) is 2. The molecule has 134 valence electrons. The molecule has 1 aliphatic heterocycles. The standard InChI is InChI=1S/C16H30N4O2.HI/c1-17-15(19-12-14(21)18-9-11-22-2)20-10-8-16(13-20)6-4-3-5-7-16;/h3-13H2,1-2H3,(H,17,19)(H,18,21);1H. The first-order chi connectivity index (χ1) is 10.7. The van der Waals surface area contributed by atoms with Crippen molar-refractivity contribution in [2.75, 3.05) is 46.9 Å². The van der Waals surface area contributed by atoms with Crippen LogP contribution in [0.2, 0.25) is 0 Å². The van der Waals surface area contributed by atoms with Gasteiger partial charge in [-0.2, -0.15) is 0 Å². The van der Waals surface area contributed by atoms with Crippen molar-refractivity contribution in [1.29, 1.82) is 0 Å². The normalized spacial score (nSPS) is 20.3. The second-order valence-corrected chi connectivity index (χ2v) is 6.48. The van der Waals surface area contributed by atoms with E-state index in [0.29, 0.717) is 18.6 Å². The summed E-state index contributed by atoms with van der Waals surface area (Å²) in [6.45, 7) is 3.47. The number of guanidine groups is 1. The smallest absolute Gasteiger partial charge is 0.239 e. The van der Waals surface area contributed by atoms with Crippen LogP contribution < -0.4 is 10.6 Å². The molecule has 1 aliphatic carbocycles. The number of hydrogen-bond acceptors (Lipinski definition) is 3. The number of carbonyl (C=O) groups is 1. The Balaban J connectivity index is 0.00000264. The van der Waals surface area contributed by atoms with Crippen LogP contribution in [0.5, 0.6) is 0 Å². The van der Waals surface area contributed by atoms with E-state index < -0.39 is 0 Å². The van der Waals surface area contributed by atoms with Gasteiger partial charge in [-0.05, 0) is 24.7 Å². The van der Waals surface area contributed by atoms with Crippen LogP contribution in [0.3, 0.4) is 0 Å². The summed E-state index contributed by atoms with van der Waals surface area (Å²) < 4.78 is 4.92. The van der Waals surface area contributed by atoms with Gasteiger partial charge in [0, 0.05) is 33.8 Å². The van der Waals surface area contributed by atoms with Crippen molar-refractivity contribution in [3.05, 3.63) is 0 Å². The number of aliphatic imine (C=N–C) groups is 1. The maximum atomic E-state index is 11.7. The van der Waals surface area contributed by atoms with E-state index in [1.54, 1.807) is 14.2 Å². The minimum absolute atomic E-state index is 0. The van der Waals surface area contributed by atoms with Crippen molar-refractivity contribution in [2.45, 2.75) is 38.5 Å². The maximum absolute atomic E-state index is 11.7. The van der Waals surface area contributed by atoms with Gasteiger partial charge in [-0.3, -0.25) is 9.79 Å². The second kappa shape index (κ2) is 10.3. The number of halogens is 1. The predicted octanol–water partition coefficient (Wildman–Crippen LogP) is 1.60. The Hall–Kier alpha value is -0.570. The second-order valence-electron chi connectivity index (χ2n) is 6.48. The molecule has 0 bridgehead atoms. The Morgan fingerprint density at radius 1 is 1.22 bits per heavy atom. The largest absolute Gasteiger partial charge is 0.383 e. The monoisotopic (exact) mass is 438 g/mol. The average molecular weight is 438 g/mol. The van der Waals surface area contributed by atoms with Crippen LogP contribution in [0.1, 0.15) is 38.5 Å². The Bertz CT molecular complexity index is 398. The van der Waals surface area contributed by atoms with E-state index in [0.717, 1.165) is 19.0 Å². The lowest BCUT2D eigenvalue weighted by atomic mass is 9.73. The summed E-state index contributed by atoms with van der Waals surface area (Å²) >= 11 is 0. The van der Waals surface area contributed by atoms with Crippen LogP contribution in [-0.4, -0.2) is 63.7 Å². The molecular formula is C16H31IN4O2. The molecule has 1 heterocycles. The first-order valence-electron chi connectivity index (χ1n) is 8.40. The van der Waals surface area contributed by atoms with Gasteiger partial charge in [0.1, 0.15) is 0 Å². The number of carbonyl (C=O) groups excluding carboxylic acids is 1. The zero-order valence-electron chi connectivity index (χ0n) is 14.4. The summed E-state index contributed by atoms with van der Waals surface area (Å²) in [7, 11) is 3.41. The van der Waals surface area contributed by atoms with Gasteiger partial charge in [-0.1, -0.05) is 19.3 Å². The first kappa shape index (κ1) is 20.5. The lowest BCUT2D eigenvalue weighted by Crippen LogP contribution is -2.45. The summed E-state index contributed by atoms with van der Waals surface area (Å²) in [5, 5.41) is 5.99. The summed E-state index contributed by atoms with van der Waals surface area (Å²) in [4.78, 5) is 18.4. The van der Waals surface area contributed by atoms with Crippen LogP contribution >= 0.6 is 24.0 Å². The van der Waals surface area contributed by atoms with Crippen molar-refractivity contribution in [2.24, 2.45) is 10.4 Å². The molecule has 2 fully saturated rings. The topological polar surface area (TPSA) is 66.0 Å². The Morgan fingerprint density at radius 2 is 1.96 bits per heavy atom. The highest BCUT2D eigenvalue weighted by Crippen LogP contribution is 2.43. The molecule has 1 spiro atoms. The lowest BCUT2D eigenvalue weighted by molar-refractivity contribution is -0.120. The summed E-state index contributed by atoms with van der Waals surface area (Å²) in [6, 6.07) is 0. The van der Waals surface area contributed by atoms with E-state index in [1.807, 2.05) is 0 Å². The van der Waals surface area contributed by atoms with Crippen molar-refractivity contribution >= 4 is 35.8 Å². The van der Waals surface area contributed by atoms with E-state index in [1.165, 1.54) is 38.5 Å². The molecule has 2 aliphatic rings. The van der Waals surface area contributed by atoms with Crippen LogP contribution in [0.25, 0.3) is 0 Å². The van der Waals surface area contributed by atoms with Crippen molar-refractivity contribution in [3.63, 3.8) is 0 Å². The van der Waals surface area contributed by atoms with Crippen LogP contribution in [0.15, 0.2) is 4.99 Å². The molecule has 0 aromatic heterocycles. The van der Waals surface area contributed by atoms with Gasteiger partial charge >= 0.3 is 0 Å². The minimum atomic E-state index is -0.0234. The SMILES string of the molecule is CN=C(NCC(=O)NCCOC)N1CCC2(CCCCC2)C1.I. The zero-order chi connectivity index (χ0) is 15.8. The molecule has 1 saturated carbocycles. The minimum Gasteiger partial charge on any atom is -0.383 e. The fourth-order valence-corrected chi connectivity index (χ4v) is 3.67. The number of rotatable bonds is 5. The van der Waals surface area contributed by atoms with Gasteiger partial charge in [0.25, 0.3) is 0 Å². The Kier molecular flexibility index (Phi) is 9.19. The average Bonchev–Trinajstić information content (AvgIpc) is 2.92. The molecular weight excluding hydrogens is 407 g/mol. The quantitative estimate of drug-likeness (QED) is 0.296. The molecule has 0 aromatic rings. The van der Waals surface area contributed by atoms with Gasteiger partial charge in [-0.15, -0.1) is 24.0 Å². The maximum Gasteiger partial charge on any atom is 0.239 e. The third-order valence-corrected chi connectivity index (χ3v) is 4.90. The van der Waals surface area contributed by atoms with Crippen molar-refractivity contribution in [3.8, 4) is 0 Å². The lowest BCUT2D eigenvalue weighted by Gasteiger charge is -2.33. The third-order valence-electron chi connectivity index (χ3n) is 4.90. The molecule has 23 heavy (non-hydrogen) atoms. The fourth-order valence-electron chi connectivity index (χ4n) is 3.67. The number of likely N-dealkylation sites (tertiary alicyclic amines) is 1. The molecule has 2 rings (SSSR count). The number of methoxy groups -OCH3 is 1. The molecule has 6 nitrogen and oxygen atoms in total. The van der Waals surface area contributed by atoms with Gasteiger partial charge in [-0.25, -0.2) is 0 Å². The number of ether oxygens (including phenoxy) is 1. The Morgan fingerprint density at radius 3 is 2.61 bits per heavy atom. The number of hydrogen-bond donors (Lipinski definition) is 2. The van der Waals surface area contributed by atoms with Crippen LogP contribution in [0, 0.1) is 5.41 Å². The first-order valence-corrected chi connectivity index (χ1v) is 8.40. The molecule has 7 heteroatoms. The number of amides is 1. The van der Waals surface area contributed by atoms with E-state index in [2.05, 4.69) is 20.5 Å². The predicted molar refractivity (Wildman–Crippen MR) is 103 cm³/mol. The molecule has 0 radical (unpaired) electrons. The van der Waals surface area contributed by atoms with E-state index in [-0.39, 0.29) is 36.4 Å². The molecule has 2 N–H and O–H groups in total. The van der Waals surface area contributed by atoms with E-state index >= 15 is 0 Å². The highest BCUT2D eigenvalue weighted by atomic mass is 127. The van der Waals surface area contributed by atoms with Gasteiger partial charge in [0.05, 0.1) is 13.2 Å². The van der Waals surface area contributed by atoms with Crippen LogP contribution in [0.4, 0.5) is 0 Å². The zero-order valence-corrected chi connectivity index (χ0v) is 16.7. The van der Waals surface area contributed by atoms with Gasteiger partial charge in [0.2, 0.25) is 5.91 Å². The molecule has 1 saturated heterocycles. The molecule has 0 unspecified atom stereocenters. The van der Waals surface area contributed by atoms with Crippen LogP contribution in [-0.2, 0) is 9.53 Å². The highest BCUT2D eigenvalue weighted by Gasteiger charge is 2.39.